The highest BCUT2D eigenvalue weighted by molar-refractivity contribution is 9.09. The number of hydrogen-bond acceptors (Lipinski definition) is 2. The Balaban J connectivity index is 1.79. The molecule has 1 unspecified atom stereocenters. The lowest BCUT2D eigenvalue weighted by molar-refractivity contribution is 0.101. The van der Waals surface area contributed by atoms with Gasteiger partial charge in [0.15, 0.2) is 0 Å². The third-order valence-corrected chi connectivity index (χ3v) is 3.94. The summed E-state index contributed by atoms with van der Waals surface area (Å²) in [5, 5.41) is 0. The van der Waals surface area contributed by atoms with Crippen molar-refractivity contribution in [2.24, 2.45) is 4.99 Å². The van der Waals surface area contributed by atoms with Gasteiger partial charge in [-0.2, -0.15) is 0 Å². The van der Waals surface area contributed by atoms with Gasteiger partial charge in [-0.1, -0.05) is 46.3 Å². The van der Waals surface area contributed by atoms with Gasteiger partial charge in [-0.25, -0.2) is 4.99 Å². The van der Waals surface area contributed by atoms with Crippen LogP contribution in [0.2, 0.25) is 0 Å². The Kier molecular flexibility index (Phi) is 3.88. The summed E-state index contributed by atoms with van der Waals surface area (Å²) < 4.78 is 5.86. The maximum Gasteiger partial charge on any atom is 0.277 e. The van der Waals surface area contributed by atoms with Crippen LogP contribution in [0.5, 0.6) is 5.75 Å². The molecule has 2 aromatic carbocycles. The van der Waals surface area contributed by atoms with Crippen molar-refractivity contribution in [3.63, 3.8) is 0 Å². The highest BCUT2D eigenvalue weighted by Gasteiger charge is 2.18. The molecule has 0 radical (unpaired) electrons. The molecule has 4 heteroatoms. The van der Waals surface area contributed by atoms with Gasteiger partial charge in [0.1, 0.15) is 12.4 Å². The highest BCUT2D eigenvalue weighted by Crippen LogP contribution is 2.27. The number of rotatable bonds is 4. The minimum absolute atomic E-state index is 0.203. The van der Waals surface area contributed by atoms with Crippen molar-refractivity contribution in [1.29, 1.82) is 0 Å². The first-order chi connectivity index (χ1) is 10.1. The van der Waals surface area contributed by atoms with Gasteiger partial charge in [0.05, 0.1) is 5.56 Å². The van der Waals surface area contributed by atoms with E-state index in [-0.39, 0.29) is 5.91 Å². The fourth-order valence-electron chi connectivity index (χ4n) is 2.27. The van der Waals surface area contributed by atoms with E-state index in [9.17, 15) is 4.79 Å². The van der Waals surface area contributed by atoms with E-state index in [4.69, 9.17) is 4.74 Å². The number of nitrogens with zero attached hydrogens (tertiary/aromatic N) is 1. The predicted octanol–water partition coefficient (Wildman–Crippen LogP) is 4.29. The van der Waals surface area contributed by atoms with Crippen LogP contribution in [0.3, 0.4) is 0 Å². The van der Waals surface area contributed by atoms with Crippen LogP contribution < -0.4 is 4.74 Å². The van der Waals surface area contributed by atoms with E-state index in [0.29, 0.717) is 22.7 Å². The fourth-order valence-corrected chi connectivity index (χ4v) is 2.56. The molecule has 0 aliphatic carbocycles. The van der Waals surface area contributed by atoms with Gasteiger partial charge in [-0.05, 0) is 30.2 Å². The van der Waals surface area contributed by atoms with Crippen LogP contribution in [-0.4, -0.2) is 12.1 Å². The summed E-state index contributed by atoms with van der Waals surface area (Å²) in [6, 6.07) is 13.7. The number of halogens is 1. The van der Waals surface area contributed by atoms with Gasteiger partial charge in [0.25, 0.3) is 5.91 Å². The van der Waals surface area contributed by atoms with Crippen molar-refractivity contribution < 1.29 is 9.53 Å². The smallest absolute Gasteiger partial charge is 0.277 e. The molecule has 1 amide bonds. The maximum atomic E-state index is 11.6. The van der Waals surface area contributed by atoms with Gasteiger partial charge in [0, 0.05) is 16.6 Å². The van der Waals surface area contributed by atoms with Crippen LogP contribution in [0.4, 0.5) is 0 Å². The average molecular weight is 344 g/mol. The fraction of sp³-hybridized carbons (Fsp3) is 0.176. The lowest BCUT2D eigenvalue weighted by Gasteiger charge is -2.11. The number of aliphatic imine (C=N–C) groups is 1. The molecular formula is C17H14BrNO2. The first-order valence-electron chi connectivity index (χ1n) is 6.72. The standard InChI is InChI=1S/C17H14BrNO2/c1-11(18)13-5-2-4-12(8-13)10-21-16-7-3-6-14-15(16)9-19-17(14)20/h2-9,11H,10H2,1H3. The van der Waals surface area contributed by atoms with Gasteiger partial charge in [0.2, 0.25) is 0 Å². The third kappa shape index (κ3) is 2.90. The van der Waals surface area contributed by atoms with Crippen molar-refractivity contribution in [2.45, 2.75) is 18.4 Å². The van der Waals surface area contributed by atoms with Gasteiger partial charge in [-0.3, -0.25) is 4.79 Å². The molecule has 106 valence electrons. The molecule has 1 aliphatic heterocycles. The molecule has 21 heavy (non-hydrogen) atoms. The van der Waals surface area contributed by atoms with Crippen molar-refractivity contribution in [1.82, 2.24) is 0 Å². The molecule has 0 fully saturated rings. The highest BCUT2D eigenvalue weighted by atomic mass is 79.9. The Hall–Kier alpha value is -1.94. The lowest BCUT2D eigenvalue weighted by atomic mass is 10.1. The Bertz CT molecular complexity index is 722. The first-order valence-corrected chi connectivity index (χ1v) is 7.64. The van der Waals surface area contributed by atoms with Gasteiger partial charge < -0.3 is 4.74 Å². The van der Waals surface area contributed by atoms with E-state index in [1.165, 1.54) is 5.56 Å². The van der Waals surface area contributed by atoms with E-state index in [1.807, 2.05) is 24.3 Å². The second kappa shape index (κ2) is 5.82. The second-order valence-electron chi connectivity index (χ2n) is 4.93. The summed E-state index contributed by atoms with van der Waals surface area (Å²) in [5.74, 6) is 0.491. The predicted molar refractivity (Wildman–Crippen MR) is 86.5 cm³/mol. The number of carbonyl (C=O) groups excluding carboxylic acids is 1. The van der Waals surface area contributed by atoms with E-state index >= 15 is 0 Å². The number of amides is 1. The molecule has 0 bridgehead atoms. The molecule has 3 nitrogen and oxygen atoms in total. The summed E-state index contributed by atoms with van der Waals surface area (Å²) in [4.78, 5) is 15.7. The second-order valence-corrected chi connectivity index (χ2v) is 6.30. The molecule has 0 N–H and O–H groups in total. The number of hydrogen-bond donors (Lipinski definition) is 0. The van der Waals surface area contributed by atoms with Crippen LogP contribution in [0.1, 0.15) is 38.8 Å². The van der Waals surface area contributed by atoms with Crippen molar-refractivity contribution in [3.8, 4) is 5.75 Å². The van der Waals surface area contributed by atoms with Crippen molar-refractivity contribution in [3.05, 3.63) is 64.7 Å². The van der Waals surface area contributed by atoms with Gasteiger partial charge in [-0.15, -0.1) is 0 Å². The molecule has 0 saturated carbocycles. The van der Waals surface area contributed by atoms with Crippen LogP contribution in [-0.2, 0) is 6.61 Å². The quantitative estimate of drug-likeness (QED) is 0.776. The van der Waals surface area contributed by atoms with Crippen LogP contribution in [0, 0.1) is 0 Å². The molecule has 3 rings (SSSR count). The van der Waals surface area contributed by atoms with Crippen LogP contribution in [0.15, 0.2) is 47.5 Å². The van der Waals surface area contributed by atoms with E-state index in [0.717, 1.165) is 11.1 Å². The third-order valence-electron chi connectivity index (χ3n) is 3.41. The van der Waals surface area contributed by atoms with E-state index < -0.39 is 0 Å². The molecule has 2 aromatic rings. The Morgan fingerprint density at radius 1 is 1.24 bits per heavy atom. The van der Waals surface area contributed by atoms with Gasteiger partial charge >= 0.3 is 0 Å². The minimum Gasteiger partial charge on any atom is -0.488 e. The zero-order valence-electron chi connectivity index (χ0n) is 11.5. The number of benzene rings is 2. The first kappa shape index (κ1) is 14.0. The summed E-state index contributed by atoms with van der Waals surface area (Å²) in [6.45, 7) is 2.55. The lowest BCUT2D eigenvalue weighted by Crippen LogP contribution is -2.00. The zero-order valence-corrected chi connectivity index (χ0v) is 13.1. The summed E-state index contributed by atoms with van der Waals surface area (Å²) in [5.41, 5.74) is 3.69. The minimum atomic E-state index is -0.203. The van der Waals surface area contributed by atoms with Crippen molar-refractivity contribution in [2.75, 3.05) is 0 Å². The molecular weight excluding hydrogens is 330 g/mol. The molecule has 0 saturated heterocycles. The number of alkyl halides is 1. The maximum absolute atomic E-state index is 11.6. The molecule has 1 aliphatic rings. The number of carbonyl (C=O) groups is 1. The topological polar surface area (TPSA) is 38.7 Å². The van der Waals surface area contributed by atoms with Crippen LogP contribution >= 0.6 is 15.9 Å². The monoisotopic (exact) mass is 343 g/mol. The SMILES string of the molecule is CC(Br)c1cccc(COc2cccc3c2C=NC3=O)c1. The van der Waals surface area contributed by atoms with Crippen LogP contribution in [0.25, 0.3) is 0 Å². The van der Waals surface area contributed by atoms with Crippen molar-refractivity contribution >= 4 is 28.1 Å². The van der Waals surface area contributed by atoms with E-state index in [1.54, 1.807) is 12.3 Å². The molecule has 1 atom stereocenters. The molecule has 0 spiro atoms. The Morgan fingerprint density at radius 3 is 2.86 bits per heavy atom. The molecule has 0 aromatic heterocycles. The normalized spacial score (nSPS) is 14.1. The number of fused-ring (bicyclic) bond motifs is 1. The summed E-state index contributed by atoms with van der Waals surface area (Å²) in [6.07, 6.45) is 1.57. The largest absolute Gasteiger partial charge is 0.488 e. The molecule has 1 heterocycles. The van der Waals surface area contributed by atoms with E-state index in [2.05, 4.69) is 40.0 Å². The summed E-state index contributed by atoms with van der Waals surface area (Å²) >= 11 is 3.56. The zero-order chi connectivity index (χ0) is 14.8. The average Bonchev–Trinajstić information content (AvgIpc) is 2.88. The Labute approximate surface area is 131 Å². The number of ether oxygens (including phenoxy) is 1. The Morgan fingerprint density at radius 2 is 2.05 bits per heavy atom. The summed E-state index contributed by atoms with van der Waals surface area (Å²) in [7, 11) is 0.